The third kappa shape index (κ3) is 2.54. The summed E-state index contributed by atoms with van der Waals surface area (Å²) in [5, 5.41) is -6.03. The number of alkyl halides is 11. The van der Waals surface area contributed by atoms with Crippen LogP contribution in [0, 0.1) is 0 Å². The van der Waals surface area contributed by atoms with Gasteiger partial charge in [-0.1, -0.05) is 19.6 Å². The van der Waals surface area contributed by atoms with Crippen molar-refractivity contribution in [3.63, 3.8) is 0 Å². The molecule has 1 atom stereocenters. The van der Waals surface area contributed by atoms with Gasteiger partial charge in [-0.05, 0) is 6.42 Å². The first-order valence-corrected chi connectivity index (χ1v) is 5.18. The monoisotopic (exact) mass is 344 g/mol. The van der Waals surface area contributed by atoms with Crippen LogP contribution in [0.2, 0.25) is 0 Å². The molecule has 0 aromatic heterocycles. The van der Waals surface area contributed by atoms with Gasteiger partial charge in [-0.2, -0.15) is 43.9 Å². The zero-order chi connectivity index (χ0) is 16.8. The predicted molar refractivity (Wildman–Crippen MR) is 48.9 cm³/mol. The Balaban J connectivity index is 5.94. The van der Waals surface area contributed by atoms with Gasteiger partial charge in [0, 0.05) is 0 Å². The molecule has 0 aliphatic carbocycles. The molecule has 0 rings (SSSR count). The molecule has 0 radical (unpaired) electrons. The summed E-state index contributed by atoms with van der Waals surface area (Å²) >= 11 is 1.70. The molecule has 0 fully saturated rings. The molecule has 0 saturated carbocycles. The lowest BCUT2D eigenvalue weighted by atomic mass is 9.94. The van der Waals surface area contributed by atoms with Crippen LogP contribution in [0.15, 0.2) is 0 Å². The minimum atomic E-state index is -7.24. The molecule has 0 spiro atoms. The van der Waals surface area contributed by atoms with E-state index < -0.39 is 41.5 Å². The van der Waals surface area contributed by atoms with Crippen LogP contribution in [0.25, 0.3) is 0 Å². The largest absolute Gasteiger partial charge is 0.387 e. The van der Waals surface area contributed by atoms with Crippen LogP contribution < -0.4 is 0 Å². The molecule has 0 aromatic rings. The minimum absolute atomic E-state index is 0.540. The van der Waals surface area contributed by atoms with E-state index in [1.165, 1.54) is 0 Å². The van der Waals surface area contributed by atoms with Gasteiger partial charge in [0.15, 0.2) is 6.17 Å². The third-order valence-electron chi connectivity index (χ3n) is 2.34. The highest BCUT2D eigenvalue weighted by atomic mass is 32.1. The van der Waals surface area contributed by atoms with E-state index in [4.69, 9.17) is 0 Å². The summed E-state index contributed by atoms with van der Waals surface area (Å²) in [5.74, 6) is -27.5. The average Bonchev–Trinajstić information content (AvgIpc) is 2.25. The van der Waals surface area contributed by atoms with E-state index in [1.54, 1.807) is 12.6 Å². The van der Waals surface area contributed by atoms with Gasteiger partial charge in [0.2, 0.25) is 0 Å². The molecule has 0 saturated heterocycles. The highest BCUT2D eigenvalue weighted by Gasteiger charge is 2.86. The second-order valence-electron chi connectivity index (χ2n) is 3.76. The van der Waals surface area contributed by atoms with Gasteiger partial charge in [-0.15, -0.1) is 0 Å². The van der Waals surface area contributed by atoms with Crippen LogP contribution in [0.1, 0.15) is 13.3 Å². The quantitative estimate of drug-likeness (QED) is 0.519. The summed E-state index contributed by atoms with van der Waals surface area (Å²) < 4.78 is 139. The van der Waals surface area contributed by atoms with Crippen molar-refractivity contribution in [2.24, 2.45) is 0 Å². The van der Waals surface area contributed by atoms with E-state index >= 15 is 0 Å². The van der Waals surface area contributed by atoms with Crippen LogP contribution in [-0.2, 0) is 0 Å². The molecule has 0 heterocycles. The van der Waals surface area contributed by atoms with Gasteiger partial charge in [-0.3, -0.25) is 0 Å². The number of hydrogen-bond acceptors (Lipinski definition) is 1. The standard InChI is InChI=1S/C8H7F11S/c1-2-3(9)4(10,11)5(12,13)6(14,15)7(16,17)8(18,19)20/h3,20H,2H2,1H3. The molecule has 0 amide bonds. The summed E-state index contributed by atoms with van der Waals surface area (Å²) in [5.41, 5.74) is 0. The van der Waals surface area contributed by atoms with Gasteiger partial charge in [0.25, 0.3) is 0 Å². The lowest BCUT2D eigenvalue weighted by molar-refractivity contribution is -0.395. The average molecular weight is 344 g/mol. The third-order valence-corrected chi connectivity index (χ3v) is 2.62. The summed E-state index contributed by atoms with van der Waals surface area (Å²) in [4.78, 5) is 0. The zero-order valence-corrected chi connectivity index (χ0v) is 10.3. The Morgan fingerprint density at radius 1 is 0.750 bits per heavy atom. The van der Waals surface area contributed by atoms with E-state index in [0.717, 1.165) is 0 Å². The maximum Gasteiger partial charge on any atom is 0.387 e. The Kier molecular flexibility index (Phi) is 4.99. The first kappa shape index (κ1) is 19.6. The fourth-order valence-corrected chi connectivity index (χ4v) is 1.19. The van der Waals surface area contributed by atoms with Gasteiger partial charge in [0.05, 0.1) is 0 Å². The maximum atomic E-state index is 12.9. The molecular weight excluding hydrogens is 337 g/mol. The van der Waals surface area contributed by atoms with Crippen molar-refractivity contribution in [2.45, 2.75) is 48.5 Å². The highest BCUT2D eigenvalue weighted by molar-refractivity contribution is 7.81. The Morgan fingerprint density at radius 3 is 1.35 bits per heavy atom. The number of thiol groups is 1. The molecular formula is C8H7F11S. The van der Waals surface area contributed by atoms with Crippen molar-refractivity contribution in [2.75, 3.05) is 0 Å². The first-order valence-electron chi connectivity index (χ1n) is 4.74. The Morgan fingerprint density at radius 2 is 1.10 bits per heavy atom. The minimum Gasteiger partial charge on any atom is -0.241 e. The molecule has 12 heteroatoms. The summed E-state index contributed by atoms with van der Waals surface area (Å²) in [6, 6.07) is 0. The van der Waals surface area contributed by atoms with Gasteiger partial charge >= 0.3 is 28.9 Å². The number of rotatable bonds is 6. The van der Waals surface area contributed by atoms with Crippen molar-refractivity contribution < 1.29 is 48.3 Å². The molecule has 0 N–H and O–H groups in total. The fourth-order valence-electron chi connectivity index (χ4n) is 1.05. The summed E-state index contributed by atoms with van der Waals surface area (Å²) in [6.45, 7) is 0.540. The number of halogens is 11. The molecule has 0 bridgehead atoms. The normalized spacial score (nSPS) is 17.2. The Bertz CT molecular complexity index is 345. The molecule has 122 valence electrons. The van der Waals surface area contributed by atoms with E-state index in [1.807, 2.05) is 0 Å². The Labute approximate surface area is 110 Å². The van der Waals surface area contributed by atoms with Gasteiger partial charge in [-0.25, -0.2) is 4.39 Å². The van der Waals surface area contributed by atoms with E-state index in [0.29, 0.717) is 6.92 Å². The predicted octanol–water partition coefficient (Wildman–Crippen LogP) is 4.80. The summed E-state index contributed by atoms with van der Waals surface area (Å²) in [7, 11) is 0. The Hall–Kier alpha value is -0.420. The van der Waals surface area contributed by atoms with E-state index in [9.17, 15) is 48.3 Å². The van der Waals surface area contributed by atoms with Crippen LogP contribution in [0.4, 0.5) is 48.3 Å². The SMILES string of the molecule is CCC(F)C(F)(F)C(F)(F)C(F)(F)C(F)(F)C(F)(F)S. The van der Waals surface area contributed by atoms with Crippen molar-refractivity contribution in [3.05, 3.63) is 0 Å². The lowest BCUT2D eigenvalue weighted by Gasteiger charge is -2.38. The number of hydrogen-bond donors (Lipinski definition) is 1. The van der Waals surface area contributed by atoms with Crippen molar-refractivity contribution in [3.8, 4) is 0 Å². The van der Waals surface area contributed by atoms with Gasteiger partial charge in [0.1, 0.15) is 0 Å². The molecule has 0 aliphatic rings. The molecule has 0 aromatic carbocycles. The van der Waals surface area contributed by atoms with Crippen molar-refractivity contribution in [1.82, 2.24) is 0 Å². The summed E-state index contributed by atoms with van der Waals surface area (Å²) in [6.07, 6.45) is -5.37. The van der Waals surface area contributed by atoms with Gasteiger partial charge < -0.3 is 0 Å². The van der Waals surface area contributed by atoms with Crippen LogP contribution in [0.3, 0.4) is 0 Å². The van der Waals surface area contributed by atoms with Crippen molar-refractivity contribution in [1.29, 1.82) is 0 Å². The highest BCUT2D eigenvalue weighted by Crippen LogP contribution is 2.58. The molecule has 0 aliphatic heterocycles. The zero-order valence-electron chi connectivity index (χ0n) is 9.39. The maximum absolute atomic E-state index is 12.9. The van der Waals surface area contributed by atoms with E-state index in [2.05, 4.69) is 0 Å². The first-order chi connectivity index (χ1) is 8.48. The molecule has 0 nitrogen and oxygen atoms in total. The van der Waals surface area contributed by atoms with Crippen molar-refractivity contribution >= 4 is 12.6 Å². The second kappa shape index (κ2) is 5.09. The van der Waals surface area contributed by atoms with E-state index in [-0.39, 0.29) is 0 Å². The van der Waals surface area contributed by atoms with Crippen LogP contribution >= 0.6 is 12.6 Å². The van der Waals surface area contributed by atoms with Crippen LogP contribution in [-0.4, -0.2) is 35.1 Å². The smallest absolute Gasteiger partial charge is 0.241 e. The topological polar surface area (TPSA) is 0 Å². The lowest BCUT2D eigenvalue weighted by Crippen LogP contribution is -2.68. The fraction of sp³-hybridized carbons (Fsp3) is 1.00. The molecule has 20 heavy (non-hydrogen) atoms. The second-order valence-corrected chi connectivity index (χ2v) is 4.32. The van der Waals surface area contributed by atoms with Crippen LogP contribution in [0.5, 0.6) is 0 Å². The molecule has 1 unspecified atom stereocenters.